The van der Waals surface area contributed by atoms with Crippen LogP contribution in [0.25, 0.3) is 11.0 Å². The third kappa shape index (κ3) is 4.01. The normalized spacial score (nSPS) is 13.5. The number of aryl methyl sites for hydroxylation is 1. The monoisotopic (exact) mass is 432 g/mol. The molecule has 0 aliphatic carbocycles. The van der Waals surface area contributed by atoms with E-state index in [1.807, 2.05) is 42.6 Å². The molecule has 4 N–H and O–H groups in total. The zero-order valence-corrected chi connectivity index (χ0v) is 18.5. The van der Waals surface area contributed by atoms with Crippen molar-refractivity contribution in [2.45, 2.75) is 12.8 Å². The van der Waals surface area contributed by atoms with E-state index in [0.717, 1.165) is 47.1 Å². The Morgan fingerprint density at radius 1 is 1.03 bits per heavy atom. The number of hydrogen-bond donors (Lipinski definition) is 4. The van der Waals surface area contributed by atoms with Crippen molar-refractivity contribution in [2.24, 2.45) is 0 Å². The highest BCUT2D eigenvalue weighted by atomic mass is 31.2. The molecule has 0 spiro atoms. The molecule has 2 aromatic carbocycles. The second kappa shape index (κ2) is 7.75. The van der Waals surface area contributed by atoms with Gasteiger partial charge in [0, 0.05) is 29.4 Å². The lowest BCUT2D eigenvalue weighted by molar-refractivity contribution is 0.588. The molecule has 158 valence electrons. The van der Waals surface area contributed by atoms with Gasteiger partial charge in [-0.2, -0.15) is 9.97 Å². The maximum absolute atomic E-state index is 12.8. The second-order valence-corrected chi connectivity index (χ2v) is 11.3. The molecule has 0 amide bonds. The van der Waals surface area contributed by atoms with E-state index in [-0.39, 0.29) is 0 Å². The predicted octanol–water partition coefficient (Wildman–Crippen LogP) is 5.05. The summed E-state index contributed by atoms with van der Waals surface area (Å²) in [5.74, 6) is 1.16. The quantitative estimate of drug-likeness (QED) is 0.330. The topological polar surface area (TPSA) is 94.7 Å². The van der Waals surface area contributed by atoms with Crippen LogP contribution in [-0.2, 0) is 11.0 Å². The molecular formula is C23H25N6OP. The van der Waals surface area contributed by atoms with Gasteiger partial charge in [-0.25, -0.2) is 0 Å². The van der Waals surface area contributed by atoms with Crippen LogP contribution in [0.3, 0.4) is 0 Å². The highest BCUT2D eigenvalue weighted by Gasteiger charge is 2.18. The number of aromatic nitrogens is 3. The van der Waals surface area contributed by atoms with Crippen molar-refractivity contribution in [2.75, 3.05) is 35.8 Å². The predicted molar refractivity (Wildman–Crippen MR) is 129 cm³/mol. The molecule has 1 aliphatic heterocycles. The number of rotatable bonds is 5. The number of nitrogens with zero attached hydrogens (tertiary/aromatic N) is 2. The molecule has 2 aromatic heterocycles. The lowest BCUT2D eigenvalue weighted by atomic mass is 10.0. The van der Waals surface area contributed by atoms with Gasteiger partial charge >= 0.3 is 0 Å². The van der Waals surface area contributed by atoms with Crippen LogP contribution in [0.4, 0.5) is 28.8 Å². The van der Waals surface area contributed by atoms with Crippen LogP contribution in [0.5, 0.6) is 0 Å². The van der Waals surface area contributed by atoms with Gasteiger partial charge in [0.15, 0.2) is 0 Å². The van der Waals surface area contributed by atoms with Gasteiger partial charge in [0.2, 0.25) is 5.95 Å². The molecule has 8 heteroatoms. The van der Waals surface area contributed by atoms with Gasteiger partial charge in [-0.1, -0.05) is 12.1 Å². The summed E-state index contributed by atoms with van der Waals surface area (Å²) in [6, 6.07) is 15.9. The van der Waals surface area contributed by atoms with Crippen molar-refractivity contribution in [3.63, 3.8) is 0 Å². The summed E-state index contributed by atoms with van der Waals surface area (Å²) in [4.78, 5) is 12.5. The largest absolute Gasteiger partial charge is 0.385 e. The van der Waals surface area contributed by atoms with E-state index >= 15 is 0 Å². The number of H-pyrrole nitrogens is 1. The Morgan fingerprint density at radius 3 is 2.77 bits per heavy atom. The van der Waals surface area contributed by atoms with Gasteiger partial charge in [0.05, 0.1) is 11.1 Å². The summed E-state index contributed by atoms with van der Waals surface area (Å²) in [5.41, 5.74) is 4.97. The van der Waals surface area contributed by atoms with E-state index in [0.29, 0.717) is 11.8 Å². The van der Waals surface area contributed by atoms with Gasteiger partial charge < -0.3 is 25.5 Å². The average Bonchev–Trinajstić information content (AvgIpc) is 3.22. The van der Waals surface area contributed by atoms with E-state index in [4.69, 9.17) is 4.98 Å². The molecule has 0 atom stereocenters. The minimum absolute atomic E-state index is 0.495. The number of hydrogen-bond acceptors (Lipinski definition) is 6. The van der Waals surface area contributed by atoms with Crippen LogP contribution in [0.1, 0.15) is 12.0 Å². The fourth-order valence-electron chi connectivity index (χ4n) is 3.95. The molecule has 31 heavy (non-hydrogen) atoms. The summed E-state index contributed by atoms with van der Waals surface area (Å²) in [6.07, 6.45) is 4.04. The Kier molecular flexibility index (Phi) is 4.91. The molecule has 4 aromatic rings. The second-order valence-electron chi connectivity index (χ2n) is 8.16. The number of para-hydroxylation sites is 1. The molecular weight excluding hydrogens is 407 g/mol. The molecule has 7 nitrogen and oxygen atoms in total. The van der Waals surface area contributed by atoms with Crippen molar-refractivity contribution in [1.29, 1.82) is 0 Å². The summed E-state index contributed by atoms with van der Waals surface area (Å²) in [7, 11) is -2.45. The van der Waals surface area contributed by atoms with Gasteiger partial charge in [-0.15, -0.1) is 0 Å². The van der Waals surface area contributed by atoms with Crippen molar-refractivity contribution >= 4 is 52.3 Å². The number of aromatic amines is 1. The Bertz CT molecular complexity index is 1310. The fraction of sp³-hybridized carbons (Fsp3) is 0.217. The number of nitrogens with one attached hydrogen (secondary N) is 4. The lowest BCUT2D eigenvalue weighted by Gasteiger charge is -2.19. The Morgan fingerprint density at radius 2 is 1.90 bits per heavy atom. The first-order valence-electron chi connectivity index (χ1n) is 10.4. The van der Waals surface area contributed by atoms with Crippen LogP contribution >= 0.6 is 7.14 Å². The SMILES string of the molecule is CP(C)(=O)c1ccccc1Nc1nc(Nc2ccc3c(c2)CCCN3)nc2[nH]ccc12. The highest BCUT2D eigenvalue weighted by molar-refractivity contribution is 7.70. The van der Waals surface area contributed by atoms with Gasteiger partial charge in [0.1, 0.15) is 18.6 Å². The van der Waals surface area contributed by atoms with Crippen molar-refractivity contribution < 1.29 is 4.57 Å². The summed E-state index contributed by atoms with van der Waals surface area (Å²) in [6.45, 7) is 4.57. The summed E-state index contributed by atoms with van der Waals surface area (Å²) < 4.78 is 12.8. The molecule has 0 bridgehead atoms. The van der Waals surface area contributed by atoms with E-state index in [9.17, 15) is 4.57 Å². The van der Waals surface area contributed by atoms with E-state index < -0.39 is 7.14 Å². The van der Waals surface area contributed by atoms with E-state index in [2.05, 4.69) is 38.1 Å². The maximum Gasteiger partial charge on any atom is 0.231 e. The Labute approximate surface area is 181 Å². The maximum atomic E-state index is 12.8. The molecule has 1 aliphatic rings. The molecule has 0 radical (unpaired) electrons. The zero-order valence-electron chi connectivity index (χ0n) is 17.6. The number of anilines is 5. The van der Waals surface area contributed by atoms with E-state index in [1.54, 1.807) is 13.3 Å². The lowest BCUT2D eigenvalue weighted by Crippen LogP contribution is -2.12. The summed E-state index contributed by atoms with van der Waals surface area (Å²) in [5, 5.41) is 11.8. The van der Waals surface area contributed by atoms with Crippen LogP contribution in [0, 0.1) is 0 Å². The van der Waals surface area contributed by atoms with Crippen LogP contribution in [0.2, 0.25) is 0 Å². The fourth-order valence-corrected chi connectivity index (χ4v) is 5.11. The van der Waals surface area contributed by atoms with Crippen molar-refractivity contribution in [3.05, 3.63) is 60.3 Å². The van der Waals surface area contributed by atoms with Crippen LogP contribution in [-0.4, -0.2) is 34.8 Å². The average molecular weight is 432 g/mol. The van der Waals surface area contributed by atoms with Crippen LogP contribution < -0.4 is 21.3 Å². The van der Waals surface area contributed by atoms with Gasteiger partial charge in [-0.05, 0) is 68.1 Å². The number of fused-ring (bicyclic) bond motifs is 2. The first-order valence-corrected chi connectivity index (χ1v) is 13.0. The van der Waals surface area contributed by atoms with Gasteiger partial charge in [0.25, 0.3) is 0 Å². The van der Waals surface area contributed by atoms with Crippen LogP contribution in [0.15, 0.2) is 54.7 Å². The third-order valence-electron chi connectivity index (χ3n) is 5.45. The molecule has 0 saturated carbocycles. The third-order valence-corrected chi connectivity index (χ3v) is 7.00. The minimum Gasteiger partial charge on any atom is -0.385 e. The van der Waals surface area contributed by atoms with E-state index in [1.165, 1.54) is 11.3 Å². The standard InChI is InChI=1S/C23H25N6OP/c1-31(2,30)20-8-4-3-7-19(20)27-22-17-11-13-25-21(17)28-23(29-22)26-16-9-10-18-15(14-16)6-5-12-24-18/h3-4,7-11,13-14,24H,5-6,12H2,1-2H3,(H3,25,26,27,28,29). The molecule has 5 rings (SSSR count). The Balaban J connectivity index is 1.51. The Hall–Kier alpha value is -3.31. The number of benzene rings is 2. The van der Waals surface area contributed by atoms with Crippen molar-refractivity contribution in [3.8, 4) is 0 Å². The minimum atomic E-state index is -2.45. The molecule has 0 unspecified atom stereocenters. The molecule has 3 heterocycles. The first-order chi connectivity index (χ1) is 15.0. The molecule has 0 fully saturated rings. The smallest absolute Gasteiger partial charge is 0.231 e. The van der Waals surface area contributed by atoms with Gasteiger partial charge in [-0.3, -0.25) is 0 Å². The van der Waals surface area contributed by atoms with Crippen molar-refractivity contribution in [1.82, 2.24) is 15.0 Å². The summed E-state index contributed by atoms with van der Waals surface area (Å²) >= 11 is 0. The first kappa shape index (κ1) is 19.6. The highest BCUT2D eigenvalue weighted by Crippen LogP contribution is 2.38. The molecule has 0 saturated heterocycles. The zero-order chi connectivity index (χ0) is 21.4.